The molecule has 0 saturated carbocycles. The molecule has 0 aromatic heterocycles. The maximum Gasteiger partial charge on any atom is 0.416 e. The summed E-state index contributed by atoms with van der Waals surface area (Å²) in [4.78, 5) is 17.6. The number of amidine groups is 1. The summed E-state index contributed by atoms with van der Waals surface area (Å²) in [6.07, 6.45) is -2.19. The lowest BCUT2D eigenvalue weighted by atomic mass is 10.1. The lowest BCUT2D eigenvalue weighted by Crippen LogP contribution is -2.28. The lowest BCUT2D eigenvalue weighted by molar-refractivity contribution is -0.137. The summed E-state index contributed by atoms with van der Waals surface area (Å²) >= 11 is 11.7. The molecule has 194 valence electrons. The zero-order valence-electron chi connectivity index (χ0n) is 19.3. The topological polar surface area (TPSA) is 82.1 Å². The third-order valence-electron chi connectivity index (χ3n) is 5.31. The van der Waals surface area contributed by atoms with Gasteiger partial charge in [-0.2, -0.15) is 17.5 Å². The van der Waals surface area contributed by atoms with Gasteiger partial charge in [0.2, 0.25) is 15.9 Å². The fraction of sp³-hybridized carbons (Fsp3) is 0.304. The van der Waals surface area contributed by atoms with Crippen molar-refractivity contribution in [1.29, 1.82) is 0 Å². The highest BCUT2D eigenvalue weighted by Crippen LogP contribution is 2.38. The summed E-state index contributed by atoms with van der Waals surface area (Å²) in [6, 6.07) is 8.63. The minimum atomic E-state index is -4.74. The summed E-state index contributed by atoms with van der Waals surface area (Å²) in [7, 11) is -1.53. The first kappa shape index (κ1) is 28.0. The minimum absolute atomic E-state index is 0.237. The number of likely N-dealkylation sites (N-methyl/N-ethyl adjacent to an activating group) is 2. The van der Waals surface area contributed by atoms with Gasteiger partial charge in [-0.1, -0.05) is 53.5 Å². The molecule has 2 aromatic carbocycles. The summed E-state index contributed by atoms with van der Waals surface area (Å²) in [6.45, 7) is 1.64. The van der Waals surface area contributed by atoms with Gasteiger partial charge < -0.3 is 10.2 Å². The minimum Gasteiger partial charge on any atom is -0.368 e. The van der Waals surface area contributed by atoms with Crippen molar-refractivity contribution in [2.24, 2.45) is 4.99 Å². The first-order chi connectivity index (χ1) is 16.8. The largest absolute Gasteiger partial charge is 0.416 e. The molecule has 0 saturated heterocycles. The van der Waals surface area contributed by atoms with E-state index in [1.165, 1.54) is 24.1 Å². The van der Waals surface area contributed by atoms with Crippen molar-refractivity contribution in [3.8, 4) is 0 Å². The summed E-state index contributed by atoms with van der Waals surface area (Å²) in [5.74, 6) is 0.476. The smallest absolute Gasteiger partial charge is 0.368 e. The number of rotatable bonds is 8. The molecule has 1 amide bonds. The third kappa shape index (κ3) is 6.58. The van der Waals surface area contributed by atoms with Crippen molar-refractivity contribution >= 4 is 45.0 Å². The molecule has 0 unspecified atom stereocenters. The Bertz CT molecular complexity index is 1270. The maximum absolute atomic E-state index is 12.9. The number of alkyl halides is 3. The van der Waals surface area contributed by atoms with E-state index in [9.17, 15) is 26.4 Å². The van der Waals surface area contributed by atoms with Crippen molar-refractivity contribution in [2.75, 3.05) is 33.7 Å². The van der Waals surface area contributed by atoms with Gasteiger partial charge in [-0.15, -0.1) is 0 Å². The van der Waals surface area contributed by atoms with Crippen LogP contribution in [0, 0.1) is 0 Å². The Morgan fingerprint density at radius 3 is 2.28 bits per heavy atom. The number of carbonyl (C=O) groups excluding carboxylic acids is 1. The molecule has 3 rings (SSSR count). The SMILES string of the molecule is CN(Cc1ccc(C2=NCCN2)cc1)C(=O)/C=C/CN(C)S(=O)(=O)c1c(Cl)cc(C(F)(F)F)cc1Cl. The molecule has 0 bridgehead atoms. The van der Waals surface area contributed by atoms with E-state index in [4.69, 9.17) is 23.2 Å². The normalized spacial score (nSPS) is 14.3. The van der Waals surface area contributed by atoms with Crippen LogP contribution < -0.4 is 5.32 Å². The molecule has 1 N–H and O–H groups in total. The average Bonchev–Trinajstić information content (AvgIpc) is 3.33. The van der Waals surface area contributed by atoms with Gasteiger partial charge in [0.15, 0.2) is 0 Å². The molecular formula is C23H23Cl2F3N4O3S. The Labute approximate surface area is 217 Å². The standard InChI is InChI=1S/C23H23Cl2F3N4O3S/c1-31(14-15-5-7-16(8-6-15)22-29-9-10-30-22)20(33)4-3-11-32(2)36(34,35)21-18(24)12-17(13-19(21)25)23(26,27)28/h3-8,12-13H,9-11,14H2,1-2H3,(H,29,30)/b4-3+. The lowest BCUT2D eigenvalue weighted by Gasteiger charge is -2.19. The van der Waals surface area contributed by atoms with E-state index in [1.54, 1.807) is 7.05 Å². The number of halogens is 5. The Balaban J connectivity index is 1.62. The molecule has 0 atom stereocenters. The van der Waals surface area contributed by atoms with Gasteiger partial charge in [0.25, 0.3) is 0 Å². The second-order valence-corrected chi connectivity index (χ2v) is 10.8. The summed E-state index contributed by atoms with van der Waals surface area (Å²) < 4.78 is 65.3. The van der Waals surface area contributed by atoms with Crippen LogP contribution in [0.3, 0.4) is 0 Å². The highest BCUT2D eigenvalue weighted by molar-refractivity contribution is 7.89. The molecule has 13 heteroatoms. The quantitative estimate of drug-likeness (QED) is 0.489. The van der Waals surface area contributed by atoms with Crippen LogP contribution in [0.1, 0.15) is 16.7 Å². The van der Waals surface area contributed by atoms with Crippen LogP contribution in [-0.2, 0) is 27.5 Å². The predicted molar refractivity (Wildman–Crippen MR) is 133 cm³/mol. The number of benzene rings is 2. The number of aliphatic imine (C=N–C) groups is 1. The molecule has 1 heterocycles. The van der Waals surface area contributed by atoms with Gasteiger partial charge in [0, 0.05) is 45.4 Å². The van der Waals surface area contributed by atoms with E-state index >= 15 is 0 Å². The molecule has 0 aliphatic carbocycles. The first-order valence-corrected chi connectivity index (χ1v) is 12.8. The molecule has 1 aliphatic heterocycles. The number of amides is 1. The number of hydrogen-bond acceptors (Lipinski definition) is 5. The van der Waals surface area contributed by atoms with Crippen LogP contribution in [0.5, 0.6) is 0 Å². The molecule has 0 radical (unpaired) electrons. The van der Waals surface area contributed by atoms with E-state index in [0.717, 1.165) is 34.4 Å². The van der Waals surface area contributed by atoms with Gasteiger partial charge in [0.05, 0.1) is 22.2 Å². The highest BCUT2D eigenvalue weighted by atomic mass is 35.5. The molecule has 7 nitrogen and oxygen atoms in total. The van der Waals surface area contributed by atoms with Crippen molar-refractivity contribution in [3.63, 3.8) is 0 Å². The summed E-state index contributed by atoms with van der Waals surface area (Å²) in [5.41, 5.74) is 0.696. The molecule has 0 spiro atoms. The Morgan fingerprint density at radius 2 is 1.75 bits per heavy atom. The second-order valence-electron chi connectivity index (χ2n) is 8.00. The third-order valence-corrected chi connectivity index (χ3v) is 8.06. The van der Waals surface area contributed by atoms with E-state index in [1.807, 2.05) is 24.3 Å². The van der Waals surface area contributed by atoms with Crippen LogP contribution in [0.4, 0.5) is 13.2 Å². The van der Waals surface area contributed by atoms with Gasteiger partial charge >= 0.3 is 6.18 Å². The molecule has 2 aromatic rings. The van der Waals surface area contributed by atoms with E-state index in [0.29, 0.717) is 18.7 Å². The zero-order chi connectivity index (χ0) is 26.7. The summed E-state index contributed by atoms with van der Waals surface area (Å²) in [5, 5.41) is 1.89. The van der Waals surface area contributed by atoms with Crippen LogP contribution in [0.15, 0.2) is 58.4 Å². The first-order valence-electron chi connectivity index (χ1n) is 10.6. The fourth-order valence-corrected chi connectivity index (χ4v) is 5.64. The molecule has 1 aliphatic rings. The van der Waals surface area contributed by atoms with Crippen molar-refractivity contribution in [2.45, 2.75) is 17.6 Å². The zero-order valence-corrected chi connectivity index (χ0v) is 21.6. The number of hydrogen-bond donors (Lipinski definition) is 1. The highest BCUT2D eigenvalue weighted by Gasteiger charge is 2.34. The van der Waals surface area contributed by atoms with E-state index in [-0.39, 0.29) is 12.5 Å². The van der Waals surface area contributed by atoms with Crippen LogP contribution in [0.2, 0.25) is 10.0 Å². The molecule has 36 heavy (non-hydrogen) atoms. The fourth-order valence-electron chi connectivity index (χ4n) is 3.36. The average molecular weight is 563 g/mol. The number of carbonyl (C=O) groups is 1. The maximum atomic E-state index is 12.9. The van der Waals surface area contributed by atoms with Crippen LogP contribution in [0.25, 0.3) is 0 Å². The van der Waals surface area contributed by atoms with Gasteiger partial charge in [-0.05, 0) is 17.7 Å². The van der Waals surface area contributed by atoms with Crippen LogP contribution in [-0.4, -0.2) is 63.1 Å². The Hall–Kier alpha value is -2.60. The molecular weight excluding hydrogens is 540 g/mol. The van der Waals surface area contributed by atoms with Gasteiger partial charge in [-0.3, -0.25) is 9.79 Å². The van der Waals surface area contributed by atoms with Crippen molar-refractivity contribution in [3.05, 3.63) is 75.3 Å². The van der Waals surface area contributed by atoms with Crippen molar-refractivity contribution in [1.82, 2.24) is 14.5 Å². The Kier molecular flexibility index (Phi) is 8.71. The number of nitrogens with zero attached hydrogens (tertiary/aromatic N) is 3. The Morgan fingerprint density at radius 1 is 1.14 bits per heavy atom. The number of nitrogens with one attached hydrogen (secondary N) is 1. The van der Waals surface area contributed by atoms with Crippen LogP contribution >= 0.6 is 23.2 Å². The van der Waals surface area contributed by atoms with Gasteiger partial charge in [-0.25, -0.2) is 8.42 Å². The van der Waals surface area contributed by atoms with Gasteiger partial charge in [0.1, 0.15) is 10.7 Å². The molecule has 0 fully saturated rings. The van der Waals surface area contributed by atoms with Crippen molar-refractivity contribution < 1.29 is 26.4 Å². The predicted octanol–water partition coefficient (Wildman–Crippen LogP) is 4.20. The van der Waals surface area contributed by atoms with E-state index < -0.39 is 36.7 Å². The second kappa shape index (κ2) is 11.2. The monoisotopic (exact) mass is 562 g/mol. The van der Waals surface area contributed by atoms with E-state index in [2.05, 4.69) is 10.3 Å². The number of sulfonamides is 1.